The number of Topliss-reactive ketones (excluding diaryl/α,β-unsaturated/α-hetero) is 1. The van der Waals surface area contributed by atoms with E-state index in [0.29, 0.717) is 24.8 Å². The van der Waals surface area contributed by atoms with Crippen molar-refractivity contribution in [3.8, 4) is 0 Å². The molecule has 42 heavy (non-hydrogen) atoms. The Bertz CT molecular complexity index is 1490. The molecule has 0 unspecified atom stereocenters. The second-order valence-electron chi connectivity index (χ2n) is 13.3. The maximum Gasteiger partial charge on any atom is 0.193 e. The molecule has 2 heterocycles. The average Bonchev–Trinajstić information content (AvgIpc) is 3.65. The van der Waals surface area contributed by atoms with Crippen LogP contribution in [0.3, 0.4) is 0 Å². The molecular formula is C34H38O8. The van der Waals surface area contributed by atoms with Gasteiger partial charge in [-0.05, 0) is 60.8 Å². The van der Waals surface area contributed by atoms with Crippen molar-refractivity contribution in [3.05, 3.63) is 82.8 Å². The number of carbonyl (C=O) groups is 2. The molecule has 0 spiro atoms. The van der Waals surface area contributed by atoms with Crippen LogP contribution in [0.2, 0.25) is 0 Å². The molecule has 3 N–H and O–H groups in total. The fourth-order valence-electron chi connectivity index (χ4n) is 9.57. The number of furan rings is 1. The number of ketones is 2. The lowest BCUT2D eigenvalue weighted by molar-refractivity contribution is -0.201. The third kappa shape index (κ3) is 3.78. The molecule has 0 bridgehead atoms. The standard InChI is InChI=1S/C34H38O8/c1-32-9-8-23(37)12-22(32)6-7-24-26-13-29-34(28(39)16-36,33(26,2)14-27(38)30(24)32)42-31(41-29)25-18-40-17-21(25)11-19-4-3-5-20(10-19)15-35/h3-5,8-10,12,17-18,24,26-27,29-31,35-36,38H,6-7,11,13-16H2,1-2H3/t24-,26-,27-,29+,30+,31+,32-,33-,34+/m0/s1. The number of carbonyl (C=O) groups excluding carboxylic acids is 2. The van der Waals surface area contributed by atoms with E-state index in [2.05, 4.69) is 6.92 Å². The number of aliphatic hydroxyl groups excluding tert-OH is 3. The van der Waals surface area contributed by atoms with Crippen molar-refractivity contribution >= 4 is 11.6 Å². The molecule has 4 aliphatic carbocycles. The SMILES string of the molecule is C[C@]12C=CC(=O)C=C1CC[C@@H]1[C@@H]2[C@@H](O)C[C@@]2(C)[C@H]1C[C@H]1O[C@@H](c3cocc3Cc3cccc(CO)c3)O[C@]12C(=O)CO. The van der Waals surface area contributed by atoms with Crippen molar-refractivity contribution in [1.82, 2.24) is 0 Å². The second-order valence-corrected chi connectivity index (χ2v) is 13.3. The average molecular weight is 575 g/mol. The smallest absolute Gasteiger partial charge is 0.193 e. The summed E-state index contributed by atoms with van der Waals surface area (Å²) in [6, 6.07) is 7.68. The molecule has 222 valence electrons. The van der Waals surface area contributed by atoms with Crippen LogP contribution >= 0.6 is 0 Å². The summed E-state index contributed by atoms with van der Waals surface area (Å²) in [5.41, 5.74) is 1.82. The minimum atomic E-state index is -1.41. The summed E-state index contributed by atoms with van der Waals surface area (Å²) in [5, 5.41) is 31.6. The zero-order chi connectivity index (χ0) is 29.4. The highest BCUT2D eigenvalue weighted by molar-refractivity contribution is 6.01. The van der Waals surface area contributed by atoms with Crippen molar-refractivity contribution in [2.24, 2.45) is 28.6 Å². The van der Waals surface area contributed by atoms with E-state index in [1.54, 1.807) is 24.7 Å². The third-order valence-electron chi connectivity index (χ3n) is 11.4. The lowest BCUT2D eigenvalue weighted by atomic mass is 9.46. The van der Waals surface area contributed by atoms with E-state index in [4.69, 9.17) is 13.9 Å². The quantitative estimate of drug-likeness (QED) is 0.473. The lowest BCUT2D eigenvalue weighted by Crippen LogP contribution is -2.63. The van der Waals surface area contributed by atoms with Crippen molar-refractivity contribution in [1.29, 1.82) is 0 Å². The first kappa shape index (κ1) is 27.9. The fourth-order valence-corrected chi connectivity index (χ4v) is 9.57. The molecule has 1 aromatic heterocycles. The maximum absolute atomic E-state index is 13.8. The molecule has 0 amide bonds. The van der Waals surface area contributed by atoms with Crippen molar-refractivity contribution in [2.75, 3.05) is 6.61 Å². The zero-order valence-electron chi connectivity index (χ0n) is 24.0. The molecule has 5 aliphatic rings. The van der Waals surface area contributed by atoms with E-state index in [1.165, 1.54) is 0 Å². The Morgan fingerprint density at radius 1 is 1.14 bits per heavy atom. The first-order valence-electron chi connectivity index (χ1n) is 15.0. The lowest BCUT2D eigenvalue weighted by Gasteiger charge is -2.59. The van der Waals surface area contributed by atoms with Gasteiger partial charge in [-0.1, -0.05) is 49.8 Å². The Hall–Kier alpha value is -2.88. The van der Waals surface area contributed by atoms with Crippen LogP contribution in [0.25, 0.3) is 0 Å². The van der Waals surface area contributed by atoms with E-state index < -0.39 is 47.3 Å². The first-order valence-corrected chi connectivity index (χ1v) is 15.0. The van der Waals surface area contributed by atoms with Crippen molar-refractivity contribution in [3.63, 3.8) is 0 Å². The number of rotatable bonds is 6. The van der Waals surface area contributed by atoms with Crippen molar-refractivity contribution in [2.45, 2.75) is 76.7 Å². The summed E-state index contributed by atoms with van der Waals surface area (Å²) < 4.78 is 18.9. The van der Waals surface area contributed by atoms with Gasteiger partial charge < -0.3 is 29.2 Å². The largest absolute Gasteiger partial charge is 0.472 e. The molecule has 7 rings (SSSR count). The summed E-state index contributed by atoms with van der Waals surface area (Å²) in [4.78, 5) is 26.0. The number of hydrogen-bond donors (Lipinski definition) is 3. The predicted molar refractivity (Wildman–Crippen MR) is 151 cm³/mol. The molecular weight excluding hydrogens is 536 g/mol. The van der Waals surface area contributed by atoms with Gasteiger partial charge in [-0.15, -0.1) is 0 Å². The molecule has 2 aromatic rings. The van der Waals surface area contributed by atoms with E-state index in [9.17, 15) is 24.9 Å². The predicted octanol–water partition coefficient (Wildman–Crippen LogP) is 3.97. The van der Waals surface area contributed by atoms with Gasteiger partial charge >= 0.3 is 0 Å². The third-order valence-corrected chi connectivity index (χ3v) is 11.4. The normalized spacial score (nSPS) is 40.2. The second kappa shape index (κ2) is 9.82. The monoisotopic (exact) mass is 574 g/mol. The molecule has 1 aromatic carbocycles. The molecule has 0 radical (unpaired) electrons. The van der Waals surface area contributed by atoms with Crippen molar-refractivity contribution < 1.29 is 38.8 Å². The molecule has 1 saturated heterocycles. The molecule has 8 nitrogen and oxygen atoms in total. The van der Waals surface area contributed by atoms with Crippen LogP contribution in [0.4, 0.5) is 0 Å². The van der Waals surface area contributed by atoms with Crippen LogP contribution in [0.1, 0.15) is 68.1 Å². The van der Waals surface area contributed by atoms with Gasteiger partial charge in [0.25, 0.3) is 0 Å². The highest BCUT2D eigenvalue weighted by Gasteiger charge is 2.76. The van der Waals surface area contributed by atoms with Gasteiger partial charge in [-0.3, -0.25) is 9.59 Å². The van der Waals surface area contributed by atoms with Crippen LogP contribution in [0.15, 0.2) is 65.0 Å². The minimum absolute atomic E-state index is 0.00786. The minimum Gasteiger partial charge on any atom is -0.472 e. The summed E-state index contributed by atoms with van der Waals surface area (Å²) in [6.07, 6.45) is 9.39. The van der Waals surface area contributed by atoms with Gasteiger partial charge in [-0.2, -0.15) is 0 Å². The van der Waals surface area contributed by atoms with Gasteiger partial charge in [-0.25, -0.2) is 0 Å². The zero-order valence-corrected chi connectivity index (χ0v) is 24.0. The van der Waals surface area contributed by atoms with Gasteiger partial charge in [0, 0.05) is 34.3 Å². The number of fused-ring (bicyclic) bond motifs is 7. The molecule has 4 fully saturated rings. The van der Waals surface area contributed by atoms with Crippen LogP contribution in [0.5, 0.6) is 0 Å². The Morgan fingerprint density at radius 2 is 1.95 bits per heavy atom. The van der Waals surface area contributed by atoms with Gasteiger partial charge in [0.2, 0.25) is 0 Å². The molecule has 9 atom stereocenters. The van der Waals surface area contributed by atoms with E-state index in [1.807, 2.05) is 37.3 Å². The van der Waals surface area contributed by atoms with Gasteiger partial charge in [0.05, 0.1) is 31.3 Å². The Balaban J connectivity index is 1.22. The summed E-state index contributed by atoms with van der Waals surface area (Å²) >= 11 is 0. The van der Waals surface area contributed by atoms with Crippen LogP contribution in [0, 0.1) is 28.6 Å². The first-order chi connectivity index (χ1) is 20.1. The molecule has 8 heteroatoms. The fraction of sp³-hybridized carbons (Fsp3) is 0.529. The molecule has 1 aliphatic heterocycles. The topological polar surface area (TPSA) is 126 Å². The summed E-state index contributed by atoms with van der Waals surface area (Å²) in [7, 11) is 0. The highest BCUT2D eigenvalue weighted by atomic mass is 16.7. The highest BCUT2D eigenvalue weighted by Crippen LogP contribution is 2.70. The van der Waals surface area contributed by atoms with Crippen LogP contribution in [-0.4, -0.2) is 51.3 Å². The number of hydrogen-bond acceptors (Lipinski definition) is 8. The van der Waals surface area contributed by atoms with Crippen LogP contribution in [-0.2, 0) is 32.1 Å². The number of aliphatic hydroxyl groups is 3. The molecule has 3 saturated carbocycles. The summed E-state index contributed by atoms with van der Waals surface area (Å²) in [6.45, 7) is 3.42. The maximum atomic E-state index is 13.8. The van der Waals surface area contributed by atoms with Gasteiger partial charge in [0.15, 0.2) is 23.5 Å². The summed E-state index contributed by atoms with van der Waals surface area (Å²) in [5.74, 6) is -0.391. The Labute approximate surface area is 245 Å². The van der Waals surface area contributed by atoms with Gasteiger partial charge in [0.1, 0.15) is 6.61 Å². The van der Waals surface area contributed by atoms with E-state index in [-0.39, 0.29) is 30.1 Å². The Kier molecular flexibility index (Phi) is 6.53. The van der Waals surface area contributed by atoms with E-state index in [0.717, 1.165) is 35.1 Å². The van der Waals surface area contributed by atoms with Crippen LogP contribution < -0.4 is 0 Å². The number of allylic oxidation sites excluding steroid dienone is 4. The number of benzene rings is 1. The number of ether oxygens (including phenoxy) is 2. The Morgan fingerprint density at radius 3 is 2.74 bits per heavy atom. The van der Waals surface area contributed by atoms with E-state index >= 15 is 0 Å².